The van der Waals surface area contributed by atoms with Crippen molar-refractivity contribution in [3.05, 3.63) is 24.3 Å². The number of likely N-dealkylation sites (tertiary alicyclic amines) is 1. The molecular formula is C21H31N5O. The second-order valence-corrected chi connectivity index (χ2v) is 8.13. The van der Waals surface area contributed by atoms with Crippen LogP contribution in [-0.4, -0.2) is 51.5 Å². The molecule has 6 nitrogen and oxygen atoms in total. The van der Waals surface area contributed by atoms with Gasteiger partial charge in [0.15, 0.2) is 0 Å². The Morgan fingerprint density at radius 1 is 1.07 bits per heavy atom. The summed E-state index contributed by atoms with van der Waals surface area (Å²) >= 11 is 0. The van der Waals surface area contributed by atoms with Gasteiger partial charge in [-0.2, -0.15) is 0 Å². The Morgan fingerprint density at radius 3 is 2.78 bits per heavy atom. The van der Waals surface area contributed by atoms with Crippen molar-refractivity contribution >= 4 is 16.9 Å². The highest BCUT2D eigenvalue weighted by atomic mass is 16.1. The lowest BCUT2D eigenvalue weighted by Gasteiger charge is -2.37. The van der Waals surface area contributed by atoms with Crippen LogP contribution in [-0.2, 0) is 11.3 Å². The Bertz CT molecular complexity index is 752. The first kappa shape index (κ1) is 18.4. The molecular weight excluding hydrogens is 338 g/mol. The number of carbonyl (C=O) groups excluding carboxylic acids is 1. The summed E-state index contributed by atoms with van der Waals surface area (Å²) in [5.41, 5.74) is 1.87. The molecule has 1 unspecified atom stereocenters. The zero-order chi connectivity index (χ0) is 18.5. The van der Waals surface area contributed by atoms with Gasteiger partial charge in [-0.05, 0) is 56.8 Å². The van der Waals surface area contributed by atoms with Gasteiger partial charge in [0.1, 0.15) is 5.52 Å². The van der Waals surface area contributed by atoms with E-state index in [1.165, 1.54) is 51.6 Å². The van der Waals surface area contributed by atoms with Crippen LogP contribution in [0.15, 0.2) is 24.3 Å². The third-order valence-corrected chi connectivity index (χ3v) is 6.17. The molecule has 2 heterocycles. The quantitative estimate of drug-likeness (QED) is 0.850. The molecule has 2 aromatic rings. The summed E-state index contributed by atoms with van der Waals surface area (Å²) in [5, 5.41) is 11.7. The SMILES string of the molecule is O=C(CCn1nnc2ccccc21)NC1CCCC[C@H]1CN1CCCCC1. The van der Waals surface area contributed by atoms with Crippen molar-refractivity contribution in [1.29, 1.82) is 0 Å². The van der Waals surface area contributed by atoms with Gasteiger partial charge >= 0.3 is 0 Å². The Hall–Kier alpha value is -1.95. The predicted octanol–water partition coefficient (Wildman–Crippen LogP) is 2.98. The fraction of sp³-hybridized carbons (Fsp3) is 0.667. The van der Waals surface area contributed by atoms with E-state index in [0.29, 0.717) is 24.9 Å². The van der Waals surface area contributed by atoms with E-state index in [1.54, 1.807) is 0 Å². The van der Waals surface area contributed by atoms with Gasteiger partial charge < -0.3 is 10.2 Å². The van der Waals surface area contributed by atoms with Gasteiger partial charge in [0.05, 0.1) is 12.1 Å². The number of para-hydroxylation sites is 1. The summed E-state index contributed by atoms with van der Waals surface area (Å²) in [7, 11) is 0. The number of benzene rings is 1. The number of carbonyl (C=O) groups is 1. The van der Waals surface area contributed by atoms with Gasteiger partial charge in [-0.25, -0.2) is 4.68 Å². The van der Waals surface area contributed by atoms with Crippen LogP contribution in [0.2, 0.25) is 0 Å². The molecule has 6 heteroatoms. The number of rotatable bonds is 6. The second kappa shape index (κ2) is 8.83. The lowest BCUT2D eigenvalue weighted by atomic mass is 9.83. The normalized spacial score (nSPS) is 24.1. The monoisotopic (exact) mass is 369 g/mol. The van der Waals surface area contributed by atoms with Crippen molar-refractivity contribution in [2.75, 3.05) is 19.6 Å². The molecule has 1 aliphatic carbocycles. The molecule has 2 aliphatic rings. The van der Waals surface area contributed by atoms with Crippen LogP contribution in [0.25, 0.3) is 11.0 Å². The first-order chi connectivity index (χ1) is 13.3. The Balaban J connectivity index is 1.30. The number of piperidine rings is 1. The van der Waals surface area contributed by atoms with Crippen LogP contribution in [0, 0.1) is 5.92 Å². The molecule has 1 aliphatic heterocycles. The predicted molar refractivity (Wildman–Crippen MR) is 106 cm³/mol. The highest BCUT2D eigenvalue weighted by molar-refractivity contribution is 5.77. The van der Waals surface area contributed by atoms with E-state index < -0.39 is 0 Å². The van der Waals surface area contributed by atoms with E-state index >= 15 is 0 Å². The minimum atomic E-state index is 0.144. The molecule has 1 N–H and O–H groups in total. The second-order valence-electron chi connectivity index (χ2n) is 8.13. The van der Waals surface area contributed by atoms with Crippen LogP contribution >= 0.6 is 0 Å². The van der Waals surface area contributed by atoms with Gasteiger partial charge in [0.25, 0.3) is 0 Å². The first-order valence-electron chi connectivity index (χ1n) is 10.6. The third kappa shape index (κ3) is 4.67. The molecule has 1 aromatic heterocycles. The number of nitrogens with one attached hydrogen (secondary N) is 1. The third-order valence-electron chi connectivity index (χ3n) is 6.17. The molecule has 0 bridgehead atoms. The molecule has 2 fully saturated rings. The maximum Gasteiger partial charge on any atom is 0.222 e. The van der Waals surface area contributed by atoms with E-state index in [9.17, 15) is 4.79 Å². The van der Waals surface area contributed by atoms with Crippen LogP contribution < -0.4 is 5.32 Å². The zero-order valence-corrected chi connectivity index (χ0v) is 16.1. The summed E-state index contributed by atoms with van der Waals surface area (Å²) < 4.78 is 1.83. The fourth-order valence-electron chi connectivity index (χ4n) is 4.66. The molecule has 1 amide bonds. The summed E-state index contributed by atoms with van der Waals surface area (Å²) in [5.74, 6) is 0.748. The largest absolute Gasteiger partial charge is 0.353 e. The lowest BCUT2D eigenvalue weighted by molar-refractivity contribution is -0.122. The maximum absolute atomic E-state index is 12.6. The molecule has 2 atom stereocenters. The summed E-state index contributed by atoms with van der Waals surface area (Å²) in [6, 6.07) is 8.23. The van der Waals surface area contributed by atoms with Crippen molar-refractivity contribution in [2.24, 2.45) is 5.92 Å². The van der Waals surface area contributed by atoms with Crippen LogP contribution in [0.1, 0.15) is 51.4 Å². The van der Waals surface area contributed by atoms with E-state index in [0.717, 1.165) is 24.0 Å². The standard InChI is InChI=1S/C21H31N5O/c27-21(12-15-26-20-11-5-4-10-19(20)23-24-26)22-18-9-3-2-8-17(18)16-25-13-6-1-7-14-25/h4-5,10-11,17-18H,1-3,6-9,12-16H2,(H,22,27)/t17-,18?/m0/s1. The number of hydrogen-bond acceptors (Lipinski definition) is 4. The van der Waals surface area contributed by atoms with Gasteiger partial charge in [-0.3, -0.25) is 4.79 Å². The molecule has 27 heavy (non-hydrogen) atoms. The molecule has 146 valence electrons. The molecule has 1 aromatic carbocycles. The minimum absolute atomic E-state index is 0.144. The Morgan fingerprint density at radius 2 is 1.89 bits per heavy atom. The van der Waals surface area contributed by atoms with Gasteiger partial charge in [-0.1, -0.05) is 36.6 Å². The molecule has 1 saturated carbocycles. The molecule has 1 saturated heterocycles. The molecule has 0 radical (unpaired) electrons. The van der Waals surface area contributed by atoms with Crippen molar-refractivity contribution in [1.82, 2.24) is 25.2 Å². The number of nitrogens with zero attached hydrogens (tertiary/aromatic N) is 4. The van der Waals surface area contributed by atoms with Gasteiger partial charge in [0, 0.05) is 19.0 Å². The van der Waals surface area contributed by atoms with E-state index in [2.05, 4.69) is 20.5 Å². The number of fused-ring (bicyclic) bond motifs is 1. The highest BCUT2D eigenvalue weighted by Crippen LogP contribution is 2.26. The first-order valence-corrected chi connectivity index (χ1v) is 10.6. The highest BCUT2D eigenvalue weighted by Gasteiger charge is 2.28. The van der Waals surface area contributed by atoms with Crippen molar-refractivity contribution < 1.29 is 4.79 Å². The summed E-state index contributed by atoms with van der Waals surface area (Å²) in [4.78, 5) is 15.2. The fourth-order valence-corrected chi connectivity index (χ4v) is 4.66. The summed E-state index contributed by atoms with van der Waals surface area (Å²) in [6.07, 6.45) is 9.39. The molecule has 0 spiro atoms. The van der Waals surface area contributed by atoms with Gasteiger partial charge in [0.2, 0.25) is 5.91 Å². The number of hydrogen-bond donors (Lipinski definition) is 1. The maximum atomic E-state index is 12.6. The Kier molecular flexibility index (Phi) is 6.02. The number of amides is 1. The average molecular weight is 370 g/mol. The number of aromatic nitrogens is 3. The van der Waals surface area contributed by atoms with Crippen molar-refractivity contribution in [3.8, 4) is 0 Å². The minimum Gasteiger partial charge on any atom is -0.353 e. The topological polar surface area (TPSA) is 63.1 Å². The van der Waals surface area contributed by atoms with E-state index in [1.807, 2.05) is 28.9 Å². The van der Waals surface area contributed by atoms with Crippen LogP contribution in [0.3, 0.4) is 0 Å². The van der Waals surface area contributed by atoms with E-state index in [4.69, 9.17) is 0 Å². The van der Waals surface area contributed by atoms with Crippen LogP contribution in [0.5, 0.6) is 0 Å². The van der Waals surface area contributed by atoms with Crippen molar-refractivity contribution in [2.45, 2.75) is 64.0 Å². The van der Waals surface area contributed by atoms with E-state index in [-0.39, 0.29) is 5.91 Å². The summed E-state index contributed by atoms with van der Waals surface area (Å²) in [6.45, 7) is 4.20. The molecule has 4 rings (SSSR count). The lowest BCUT2D eigenvalue weighted by Crippen LogP contribution is -2.47. The van der Waals surface area contributed by atoms with Crippen LogP contribution in [0.4, 0.5) is 0 Å². The van der Waals surface area contributed by atoms with Crippen molar-refractivity contribution in [3.63, 3.8) is 0 Å². The number of aryl methyl sites for hydroxylation is 1. The zero-order valence-electron chi connectivity index (χ0n) is 16.1. The Labute approximate surface area is 161 Å². The smallest absolute Gasteiger partial charge is 0.222 e. The van der Waals surface area contributed by atoms with Gasteiger partial charge in [-0.15, -0.1) is 5.10 Å². The average Bonchev–Trinajstić information content (AvgIpc) is 3.12.